The minimum atomic E-state index is -0.0982. The Balaban J connectivity index is 1.63. The molecule has 0 radical (unpaired) electrons. The second-order valence-electron chi connectivity index (χ2n) is 5.59. The number of amides is 1. The van der Waals surface area contributed by atoms with Gasteiger partial charge in [-0.2, -0.15) is 0 Å². The minimum absolute atomic E-state index is 0.0982. The second-order valence-corrected chi connectivity index (χ2v) is 5.59. The van der Waals surface area contributed by atoms with Gasteiger partial charge in [0.05, 0.1) is 6.54 Å². The largest absolute Gasteiger partial charge is 0.508 e. The highest BCUT2D eigenvalue weighted by Gasteiger charge is 2.27. The van der Waals surface area contributed by atoms with Crippen LogP contribution in [0.15, 0.2) is 34.9 Å². The molecule has 6 nitrogen and oxygen atoms in total. The molecule has 2 heterocycles. The van der Waals surface area contributed by atoms with Gasteiger partial charge in [0.15, 0.2) is 5.82 Å². The zero-order valence-corrected chi connectivity index (χ0v) is 12.5. The molecule has 2 aromatic rings. The standard InChI is InChI=1S/C16H19N3O3/c1-11-9-15(18-22-11)17-16(21)10-19-8-2-3-14(19)12-4-6-13(20)7-5-12/h4-7,9,14,20H,2-3,8,10H2,1H3,(H,17,18,21). The number of rotatable bonds is 4. The highest BCUT2D eigenvalue weighted by Crippen LogP contribution is 2.32. The summed E-state index contributed by atoms with van der Waals surface area (Å²) in [5.74, 6) is 1.27. The third-order valence-corrected chi connectivity index (χ3v) is 3.88. The molecule has 1 aromatic carbocycles. The van der Waals surface area contributed by atoms with Crippen molar-refractivity contribution in [3.63, 3.8) is 0 Å². The molecule has 1 aliphatic heterocycles. The summed E-state index contributed by atoms with van der Waals surface area (Å²) in [5.41, 5.74) is 1.13. The fourth-order valence-electron chi connectivity index (χ4n) is 2.88. The van der Waals surface area contributed by atoms with Gasteiger partial charge >= 0.3 is 0 Å². The number of hydrogen-bond donors (Lipinski definition) is 2. The van der Waals surface area contributed by atoms with Gasteiger partial charge in [0, 0.05) is 12.1 Å². The van der Waals surface area contributed by atoms with Crippen LogP contribution in [0.4, 0.5) is 5.82 Å². The lowest BCUT2D eigenvalue weighted by atomic mass is 10.0. The molecule has 6 heteroatoms. The molecule has 1 atom stereocenters. The second kappa shape index (κ2) is 6.19. The van der Waals surface area contributed by atoms with E-state index in [1.54, 1.807) is 25.1 Å². The Labute approximate surface area is 128 Å². The van der Waals surface area contributed by atoms with Crippen molar-refractivity contribution < 1.29 is 14.4 Å². The summed E-state index contributed by atoms with van der Waals surface area (Å²) in [7, 11) is 0. The number of carbonyl (C=O) groups excluding carboxylic acids is 1. The predicted octanol–water partition coefficient (Wildman–Crippen LogP) is 2.46. The first-order chi connectivity index (χ1) is 10.6. The van der Waals surface area contributed by atoms with Crippen LogP contribution in [0.25, 0.3) is 0 Å². The summed E-state index contributed by atoms with van der Waals surface area (Å²) >= 11 is 0. The Bertz CT molecular complexity index is 651. The van der Waals surface area contributed by atoms with Crippen molar-refractivity contribution >= 4 is 11.7 Å². The van der Waals surface area contributed by atoms with Crippen molar-refractivity contribution in [3.8, 4) is 5.75 Å². The molecule has 0 saturated carbocycles. The van der Waals surface area contributed by atoms with Crippen LogP contribution >= 0.6 is 0 Å². The molecular formula is C16H19N3O3. The first-order valence-corrected chi connectivity index (χ1v) is 7.38. The van der Waals surface area contributed by atoms with E-state index >= 15 is 0 Å². The van der Waals surface area contributed by atoms with Crippen LogP contribution in [0.2, 0.25) is 0 Å². The minimum Gasteiger partial charge on any atom is -0.508 e. The first kappa shape index (κ1) is 14.6. The van der Waals surface area contributed by atoms with Crippen LogP contribution in [-0.2, 0) is 4.79 Å². The van der Waals surface area contributed by atoms with Crippen molar-refractivity contribution in [1.82, 2.24) is 10.1 Å². The summed E-state index contributed by atoms with van der Waals surface area (Å²) in [6.07, 6.45) is 2.07. The molecule has 1 saturated heterocycles. The lowest BCUT2D eigenvalue weighted by molar-refractivity contribution is -0.117. The van der Waals surface area contributed by atoms with E-state index in [1.165, 1.54) is 0 Å². The average molecular weight is 301 g/mol. The summed E-state index contributed by atoms with van der Waals surface area (Å²) in [5, 5.41) is 15.9. The SMILES string of the molecule is Cc1cc(NC(=O)CN2CCCC2c2ccc(O)cc2)no1. The van der Waals surface area contributed by atoms with Crippen molar-refractivity contribution in [2.45, 2.75) is 25.8 Å². The number of phenolic OH excluding ortho intramolecular Hbond substituents is 1. The molecule has 0 spiro atoms. The number of benzene rings is 1. The van der Waals surface area contributed by atoms with Crippen LogP contribution < -0.4 is 5.32 Å². The van der Waals surface area contributed by atoms with Gasteiger partial charge in [-0.15, -0.1) is 0 Å². The fourth-order valence-corrected chi connectivity index (χ4v) is 2.88. The van der Waals surface area contributed by atoms with Gasteiger partial charge in [0.25, 0.3) is 0 Å². The third-order valence-electron chi connectivity index (χ3n) is 3.88. The van der Waals surface area contributed by atoms with E-state index in [1.807, 2.05) is 12.1 Å². The molecule has 1 aromatic heterocycles. The Morgan fingerprint density at radius 2 is 2.23 bits per heavy atom. The Hall–Kier alpha value is -2.34. The summed E-state index contributed by atoms with van der Waals surface area (Å²) in [6.45, 7) is 2.98. The molecule has 1 amide bonds. The van der Waals surface area contributed by atoms with Crippen molar-refractivity contribution in [2.75, 3.05) is 18.4 Å². The maximum absolute atomic E-state index is 12.1. The maximum Gasteiger partial charge on any atom is 0.239 e. The van der Waals surface area contributed by atoms with Gasteiger partial charge in [-0.25, -0.2) is 0 Å². The molecule has 1 aliphatic rings. The number of nitrogens with one attached hydrogen (secondary N) is 1. The highest BCUT2D eigenvalue weighted by atomic mass is 16.5. The van der Waals surface area contributed by atoms with E-state index in [-0.39, 0.29) is 17.7 Å². The summed E-state index contributed by atoms with van der Waals surface area (Å²) in [4.78, 5) is 14.3. The number of aromatic hydroxyl groups is 1. The van der Waals surface area contributed by atoms with Crippen LogP contribution in [0.1, 0.15) is 30.2 Å². The summed E-state index contributed by atoms with van der Waals surface area (Å²) in [6, 6.07) is 9.10. The van der Waals surface area contributed by atoms with Crippen molar-refractivity contribution in [3.05, 3.63) is 41.7 Å². The third kappa shape index (κ3) is 3.28. The number of phenols is 1. The number of carbonyl (C=O) groups is 1. The average Bonchev–Trinajstić information content (AvgIpc) is 3.09. The van der Waals surface area contributed by atoms with Crippen molar-refractivity contribution in [1.29, 1.82) is 0 Å². The summed E-state index contributed by atoms with van der Waals surface area (Å²) < 4.78 is 4.94. The predicted molar refractivity (Wildman–Crippen MR) is 81.5 cm³/mol. The number of likely N-dealkylation sites (tertiary alicyclic amines) is 1. The Morgan fingerprint density at radius 1 is 1.45 bits per heavy atom. The highest BCUT2D eigenvalue weighted by molar-refractivity contribution is 5.91. The van der Waals surface area contributed by atoms with Gasteiger partial charge < -0.3 is 14.9 Å². The van der Waals surface area contributed by atoms with E-state index in [9.17, 15) is 9.90 Å². The Morgan fingerprint density at radius 3 is 2.91 bits per heavy atom. The van der Waals surface area contributed by atoms with Crippen molar-refractivity contribution in [2.24, 2.45) is 0 Å². The maximum atomic E-state index is 12.1. The van der Waals surface area contributed by atoms with E-state index in [0.717, 1.165) is 24.9 Å². The molecule has 116 valence electrons. The molecule has 3 rings (SSSR count). The van der Waals surface area contributed by atoms with Gasteiger partial charge in [-0.05, 0) is 44.0 Å². The normalized spacial score (nSPS) is 18.5. The molecular weight excluding hydrogens is 282 g/mol. The Kier molecular flexibility index (Phi) is 4.11. The topological polar surface area (TPSA) is 78.6 Å². The number of nitrogens with zero attached hydrogens (tertiary/aromatic N) is 2. The molecule has 1 fully saturated rings. The van der Waals surface area contributed by atoms with E-state index in [4.69, 9.17) is 4.52 Å². The van der Waals surface area contributed by atoms with Gasteiger partial charge in [-0.1, -0.05) is 17.3 Å². The van der Waals surface area contributed by atoms with Gasteiger partial charge in [0.2, 0.25) is 5.91 Å². The van der Waals surface area contributed by atoms with Gasteiger partial charge in [0.1, 0.15) is 11.5 Å². The van der Waals surface area contributed by atoms with E-state index < -0.39 is 0 Å². The monoisotopic (exact) mass is 301 g/mol. The zero-order valence-electron chi connectivity index (χ0n) is 12.5. The smallest absolute Gasteiger partial charge is 0.239 e. The van der Waals surface area contributed by atoms with E-state index in [0.29, 0.717) is 18.1 Å². The lowest BCUT2D eigenvalue weighted by Gasteiger charge is -2.24. The number of hydrogen-bond acceptors (Lipinski definition) is 5. The molecule has 22 heavy (non-hydrogen) atoms. The zero-order chi connectivity index (χ0) is 15.5. The molecule has 0 aliphatic carbocycles. The number of aromatic nitrogens is 1. The van der Waals surface area contributed by atoms with E-state index in [2.05, 4.69) is 15.4 Å². The molecule has 1 unspecified atom stereocenters. The lowest BCUT2D eigenvalue weighted by Crippen LogP contribution is -2.33. The van der Waals surface area contributed by atoms with Crippen LogP contribution in [0.3, 0.4) is 0 Å². The van der Waals surface area contributed by atoms with Gasteiger partial charge in [-0.3, -0.25) is 9.69 Å². The molecule has 0 bridgehead atoms. The van der Waals surface area contributed by atoms with Crippen LogP contribution in [0.5, 0.6) is 5.75 Å². The number of aryl methyl sites for hydroxylation is 1. The van der Waals surface area contributed by atoms with Crippen LogP contribution in [-0.4, -0.2) is 34.2 Å². The number of anilines is 1. The fraction of sp³-hybridized carbons (Fsp3) is 0.375. The quantitative estimate of drug-likeness (QED) is 0.907. The van der Waals surface area contributed by atoms with Crippen LogP contribution in [0, 0.1) is 6.92 Å². The molecule has 2 N–H and O–H groups in total. The first-order valence-electron chi connectivity index (χ1n) is 7.38.